The lowest BCUT2D eigenvalue weighted by atomic mass is 9.93. The van der Waals surface area contributed by atoms with Gasteiger partial charge in [-0.05, 0) is 41.8 Å². The summed E-state index contributed by atoms with van der Waals surface area (Å²) in [5.74, 6) is 0.0162. The molecule has 3 amide bonds. The number of carbonyl (C=O) groups excluding carboxylic acids is 2. The molecule has 30 heavy (non-hydrogen) atoms. The molecule has 0 fully saturated rings. The van der Waals surface area contributed by atoms with Gasteiger partial charge in [0.15, 0.2) is 0 Å². The van der Waals surface area contributed by atoms with E-state index >= 15 is 0 Å². The Morgan fingerprint density at radius 2 is 1.90 bits per heavy atom. The van der Waals surface area contributed by atoms with Crippen molar-refractivity contribution >= 4 is 23.3 Å². The lowest BCUT2D eigenvalue weighted by Gasteiger charge is -2.37. The van der Waals surface area contributed by atoms with Crippen LogP contribution in [0.5, 0.6) is 0 Å². The van der Waals surface area contributed by atoms with Crippen LogP contribution in [0.15, 0.2) is 41.8 Å². The Bertz CT molecular complexity index is 821. The van der Waals surface area contributed by atoms with Gasteiger partial charge in [-0.25, -0.2) is 4.79 Å². The zero-order valence-corrected chi connectivity index (χ0v) is 18.9. The molecule has 0 radical (unpaired) electrons. The second-order valence-corrected chi connectivity index (χ2v) is 8.81. The molecule has 6 heteroatoms. The highest BCUT2D eigenvalue weighted by Gasteiger charge is 2.33. The van der Waals surface area contributed by atoms with Crippen molar-refractivity contribution in [1.29, 1.82) is 0 Å². The Kier molecular flexibility index (Phi) is 8.31. The van der Waals surface area contributed by atoms with Crippen LogP contribution in [0, 0.1) is 0 Å². The number of carbonyl (C=O) groups is 2. The molecule has 0 spiro atoms. The number of urea groups is 1. The van der Waals surface area contributed by atoms with E-state index in [1.54, 1.807) is 16.2 Å². The highest BCUT2D eigenvalue weighted by Crippen LogP contribution is 2.37. The Hall–Kier alpha value is -2.34. The molecule has 162 valence electrons. The molecule has 1 aliphatic heterocycles. The third-order valence-corrected chi connectivity index (χ3v) is 6.60. The van der Waals surface area contributed by atoms with Crippen LogP contribution in [0.2, 0.25) is 0 Å². The van der Waals surface area contributed by atoms with Crippen LogP contribution in [0.4, 0.5) is 4.79 Å². The lowest BCUT2D eigenvalue weighted by Crippen LogP contribution is -2.49. The van der Waals surface area contributed by atoms with E-state index in [1.807, 2.05) is 23.1 Å². The number of amides is 3. The lowest BCUT2D eigenvalue weighted by molar-refractivity contribution is -0.133. The van der Waals surface area contributed by atoms with E-state index in [1.165, 1.54) is 10.4 Å². The first kappa shape index (κ1) is 22.3. The number of fused-ring (bicyclic) bond motifs is 1. The summed E-state index contributed by atoms with van der Waals surface area (Å²) in [6.07, 6.45) is 4.74. The van der Waals surface area contributed by atoms with Gasteiger partial charge >= 0.3 is 6.03 Å². The molecule has 2 heterocycles. The first-order valence-electron chi connectivity index (χ1n) is 11.1. The fraction of sp³-hybridized carbons (Fsp3) is 0.500. The number of thiophene rings is 1. The Morgan fingerprint density at radius 1 is 1.13 bits per heavy atom. The second-order valence-electron chi connectivity index (χ2n) is 7.81. The van der Waals surface area contributed by atoms with Crippen LogP contribution in [-0.2, 0) is 11.2 Å². The SMILES string of the molecule is CCCCNC(=O)N(CCCC)CC(=O)N1CCc2sccc2C1c1ccccc1. The molecule has 0 saturated carbocycles. The van der Waals surface area contributed by atoms with Crippen molar-refractivity contribution in [3.63, 3.8) is 0 Å². The fourth-order valence-corrected chi connectivity index (χ4v) is 4.82. The second kappa shape index (κ2) is 11.2. The first-order valence-corrected chi connectivity index (χ1v) is 12.0. The Balaban J connectivity index is 1.77. The maximum atomic E-state index is 13.4. The maximum Gasteiger partial charge on any atom is 0.317 e. The molecular weight excluding hydrogens is 394 g/mol. The molecule has 2 aromatic rings. The molecule has 1 atom stereocenters. The van der Waals surface area contributed by atoms with Crippen LogP contribution in [0.1, 0.15) is 61.6 Å². The summed E-state index contributed by atoms with van der Waals surface area (Å²) >= 11 is 1.77. The van der Waals surface area contributed by atoms with Gasteiger partial charge in [0.05, 0.1) is 6.04 Å². The summed E-state index contributed by atoms with van der Waals surface area (Å²) in [6.45, 7) is 6.27. The number of nitrogens with zero attached hydrogens (tertiary/aromatic N) is 2. The van der Waals surface area contributed by atoms with Gasteiger partial charge in [-0.15, -0.1) is 11.3 Å². The average molecular weight is 428 g/mol. The minimum atomic E-state index is -0.130. The van der Waals surface area contributed by atoms with Crippen LogP contribution >= 0.6 is 11.3 Å². The molecule has 3 rings (SSSR count). The van der Waals surface area contributed by atoms with Crippen molar-refractivity contribution < 1.29 is 9.59 Å². The molecule has 0 saturated heterocycles. The van der Waals surface area contributed by atoms with E-state index in [2.05, 4.69) is 42.7 Å². The zero-order valence-electron chi connectivity index (χ0n) is 18.1. The highest BCUT2D eigenvalue weighted by atomic mass is 32.1. The predicted molar refractivity (Wildman–Crippen MR) is 123 cm³/mol. The number of rotatable bonds is 9. The molecule has 5 nitrogen and oxygen atoms in total. The summed E-state index contributed by atoms with van der Waals surface area (Å²) < 4.78 is 0. The molecular formula is C24H33N3O2S. The molecule has 1 aromatic carbocycles. The summed E-state index contributed by atoms with van der Waals surface area (Å²) in [6, 6.07) is 12.2. The zero-order chi connectivity index (χ0) is 21.3. The number of nitrogens with one attached hydrogen (secondary N) is 1. The molecule has 1 unspecified atom stereocenters. The van der Waals surface area contributed by atoms with Crippen LogP contribution < -0.4 is 5.32 Å². The maximum absolute atomic E-state index is 13.4. The van der Waals surface area contributed by atoms with Crippen LogP contribution in [0.3, 0.4) is 0 Å². The topological polar surface area (TPSA) is 52.7 Å². The van der Waals surface area contributed by atoms with Crippen LogP contribution in [0.25, 0.3) is 0 Å². The molecule has 1 N–H and O–H groups in total. The van der Waals surface area contributed by atoms with Crippen molar-refractivity contribution in [2.24, 2.45) is 0 Å². The van der Waals surface area contributed by atoms with Gasteiger partial charge in [0.2, 0.25) is 5.91 Å². The number of unbranched alkanes of at least 4 members (excludes halogenated alkanes) is 2. The largest absolute Gasteiger partial charge is 0.338 e. The van der Waals surface area contributed by atoms with Crippen molar-refractivity contribution in [2.45, 2.75) is 52.0 Å². The van der Waals surface area contributed by atoms with E-state index < -0.39 is 0 Å². The van der Waals surface area contributed by atoms with Crippen molar-refractivity contribution in [3.05, 3.63) is 57.8 Å². The van der Waals surface area contributed by atoms with Crippen LogP contribution in [-0.4, -0.2) is 47.9 Å². The monoisotopic (exact) mass is 427 g/mol. The molecule has 1 aliphatic rings. The normalized spacial score (nSPS) is 15.5. The number of hydrogen-bond acceptors (Lipinski definition) is 3. The van der Waals surface area contributed by atoms with E-state index in [9.17, 15) is 9.59 Å². The van der Waals surface area contributed by atoms with Crippen molar-refractivity contribution in [3.8, 4) is 0 Å². The number of hydrogen-bond donors (Lipinski definition) is 1. The van der Waals surface area contributed by atoms with Gasteiger partial charge in [-0.1, -0.05) is 57.0 Å². The van der Waals surface area contributed by atoms with E-state index in [-0.39, 0.29) is 24.5 Å². The van der Waals surface area contributed by atoms with E-state index in [0.717, 1.165) is 37.7 Å². The summed E-state index contributed by atoms with van der Waals surface area (Å²) in [5.41, 5.74) is 2.34. The number of benzene rings is 1. The van der Waals surface area contributed by atoms with Gasteiger partial charge < -0.3 is 15.1 Å². The van der Waals surface area contributed by atoms with E-state index in [4.69, 9.17) is 0 Å². The predicted octanol–water partition coefficient (Wildman–Crippen LogP) is 4.83. The molecule has 1 aromatic heterocycles. The first-order chi connectivity index (χ1) is 14.7. The average Bonchev–Trinajstić information content (AvgIpc) is 3.25. The standard InChI is InChI=1S/C24H33N3O2S/c1-3-5-14-25-24(29)26(15-6-4-2)18-22(28)27-16-12-21-20(13-17-30-21)23(27)19-10-8-7-9-11-19/h7-11,13,17,23H,3-6,12,14-16,18H2,1-2H3,(H,25,29). The van der Waals surface area contributed by atoms with Gasteiger partial charge in [0.1, 0.15) is 6.54 Å². The summed E-state index contributed by atoms with van der Waals surface area (Å²) in [7, 11) is 0. The Morgan fingerprint density at radius 3 is 2.63 bits per heavy atom. The van der Waals surface area contributed by atoms with Gasteiger partial charge in [-0.3, -0.25) is 4.79 Å². The minimum Gasteiger partial charge on any atom is -0.338 e. The minimum absolute atomic E-state index is 0.0162. The Labute approximate surface area is 184 Å². The highest BCUT2D eigenvalue weighted by molar-refractivity contribution is 7.10. The third-order valence-electron chi connectivity index (χ3n) is 5.60. The van der Waals surface area contributed by atoms with Gasteiger partial charge in [0.25, 0.3) is 0 Å². The summed E-state index contributed by atoms with van der Waals surface area (Å²) in [4.78, 5) is 31.1. The van der Waals surface area contributed by atoms with E-state index in [0.29, 0.717) is 19.6 Å². The van der Waals surface area contributed by atoms with Crippen molar-refractivity contribution in [2.75, 3.05) is 26.2 Å². The van der Waals surface area contributed by atoms with Gasteiger partial charge in [-0.2, -0.15) is 0 Å². The molecule has 0 aliphatic carbocycles. The summed E-state index contributed by atoms with van der Waals surface area (Å²) in [5, 5.41) is 5.09. The fourth-order valence-electron chi connectivity index (χ4n) is 3.92. The smallest absolute Gasteiger partial charge is 0.317 e. The molecule has 0 bridgehead atoms. The third kappa shape index (κ3) is 5.42. The van der Waals surface area contributed by atoms with Crippen molar-refractivity contribution in [1.82, 2.24) is 15.1 Å². The van der Waals surface area contributed by atoms with Gasteiger partial charge in [0, 0.05) is 24.5 Å². The quantitative estimate of drug-likeness (QED) is 0.583.